The second-order valence-corrected chi connectivity index (χ2v) is 9.33. The summed E-state index contributed by atoms with van der Waals surface area (Å²) in [5.74, 6) is 1.04. The molecule has 23 heavy (non-hydrogen) atoms. The Morgan fingerprint density at radius 1 is 1.35 bits per heavy atom. The van der Waals surface area contributed by atoms with Crippen LogP contribution in [0.3, 0.4) is 0 Å². The van der Waals surface area contributed by atoms with Crippen molar-refractivity contribution < 1.29 is 26.8 Å². The summed E-state index contributed by atoms with van der Waals surface area (Å²) in [5.41, 5.74) is 0.371. The fraction of sp³-hybridized carbons (Fsp3) is 0.588. The zero-order chi connectivity index (χ0) is 15.9. The molecule has 1 saturated heterocycles. The molecule has 0 bridgehead atoms. The molecular formula is C17H22ClI2NO2. The second kappa shape index (κ2) is 7.74. The van der Waals surface area contributed by atoms with E-state index in [9.17, 15) is 4.79 Å². The number of carbonyl (C=O) groups is 1. The molecule has 2 heterocycles. The fourth-order valence-corrected chi connectivity index (χ4v) is 5.65. The van der Waals surface area contributed by atoms with Gasteiger partial charge < -0.3 is 22.0 Å². The molecular weight excluding hydrogens is 539 g/mol. The van der Waals surface area contributed by atoms with E-state index in [1.54, 1.807) is 4.90 Å². The van der Waals surface area contributed by atoms with E-state index in [-0.39, 0.29) is 18.2 Å². The van der Waals surface area contributed by atoms with Crippen LogP contribution in [0.5, 0.6) is 5.75 Å². The lowest BCUT2D eigenvalue weighted by atomic mass is 9.79. The van der Waals surface area contributed by atoms with Crippen LogP contribution >= 0.6 is 45.2 Å². The highest BCUT2D eigenvalue weighted by Gasteiger charge is 2.45. The van der Waals surface area contributed by atoms with E-state index in [0.717, 1.165) is 25.0 Å². The van der Waals surface area contributed by atoms with Crippen molar-refractivity contribution in [1.82, 2.24) is 0 Å². The van der Waals surface area contributed by atoms with Gasteiger partial charge >= 0.3 is 0 Å². The maximum Gasteiger partial charge on any atom is 0.181 e. The highest BCUT2D eigenvalue weighted by atomic mass is 127. The highest BCUT2D eigenvalue weighted by molar-refractivity contribution is 14.1. The molecule has 3 rings (SSSR count). The third-order valence-electron chi connectivity index (χ3n) is 5.04. The number of rotatable bonds is 2. The highest BCUT2D eigenvalue weighted by Crippen LogP contribution is 2.38. The SMILES string of the molecule is CC1CCCC[NH+]1CC1(C)COc2c(I)cc(I)cc2C1=O.[Cl-]. The number of hydrogen-bond acceptors (Lipinski definition) is 2. The Bertz CT molecular complexity index is 611. The molecule has 0 amide bonds. The summed E-state index contributed by atoms with van der Waals surface area (Å²) in [6, 6.07) is 4.69. The Balaban J connectivity index is 0.00000192. The Hall–Kier alpha value is 0.400. The van der Waals surface area contributed by atoms with Crippen LogP contribution in [-0.2, 0) is 0 Å². The van der Waals surface area contributed by atoms with Gasteiger partial charge in [-0.2, -0.15) is 0 Å². The number of fused-ring (bicyclic) bond motifs is 1. The lowest BCUT2D eigenvalue weighted by Crippen LogP contribution is -3.17. The summed E-state index contributed by atoms with van der Waals surface area (Å²) in [7, 11) is 0. The molecule has 3 atom stereocenters. The van der Waals surface area contributed by atoms with Crippen LogP contribution in [0.25, 0.3) is 0 Å². The number of benzene rings is 1. The summed E-state index contributed by atoms with van der Waals surface area (Å²) < 4.78 is 8.16. The molecule has 3 unspecified atom stereocenters. The average molecular weight is 562 g/mol. The summed E-state index contributed by atoms with van der Waals surface area (Å²) >= 11 is 4.54. The van der Waals surface area contributed by atoms with Crippen LogP contribution in [0.15, 0.2) is 12.1 Å². The first-order valence-corrected chi connectivity index (χ1v) is 10.1. The standard InChI is InChI=1S/C17H21I2NO2.ClH/c1-11-5-3-4-6-20(11)9-17(2)10-22-15-13(16(17)21)7-12(18)8-14(15)19;/h7-8,11H,3-6,9-10H2,1-2H3;1H. The number of Topliss-reactive ketones (excluding diaryl/α,β-unsaturated/α-hetero) is 1. The number of hydrogen-bond donors (Lipinski definition) is 1. The van der Waals surface area contributed by atoms with Gasteiger partial charge in [-0.1, -0.05) is 0 Å². The van der Waals surface area contributed by atoms with Crippen LogP contribution < -0.4 is 22.0 Å². The van der Waals surface area contributed by atoms with Crippen molar-refractivity contribution in [1.29, 1.82) is 0 Å². The van der Waals surface area contributed by atoms with Gasteiger partial charge in [0.15, 0.2) is 5.78 Å². The minimum atomic E-state index is -0.401. The van der Waals surface area contributed by atoms with Gasteiger partial charge in [-0.3, -0.25) is 4.79 Å². The lowest BCUT2D eigenvalue weighted by Gasteiger charge is -2.39. The molecule has 2 aliphatic rings. The molecule has 0 radical (unpaired) electrons. The Morgan fingerprint density at radius 2 is 2.09 bits per heavy atom. The smallest absolute Gasteiger partial charge is 0.181 e. The first-order valence-electron chi connectivity index (χ1n) is 7.92. The third-order valence-corrected chi connectivity index (χ3v) is 6.46. The predicted octanol–water partition coefficient (Wildman–Crippen LogP) is -0.0615. The van der Waals surface area contributed by atoms with E-state index >= 15 is 0 Å². The first-order chi connectivity index (χ1) is 10.4. The molecule has 128 valence electrons. The zero-order valence-electron chi connectivity index (χ0n) is 13.4. The maximum absolute atomic E-state index is 13.1. The molecule has 6 heteroatoms. The minimum absolute atomic E-state index is 0. The van der Waals surface area contributed by atoms with E-state index in [1.807, 2.05) is 6.07 Å². The van der Waals surface area contributed by atoms with Gasteiger partial charge in [0, 0.05) is 3.57 Å². The summed E-state index contributed by atoms with van der Waals surface area (Å²) in [6.45, 7) is 6.96. The second-order valence-electron chi connectivity index (χ2n) is 6.92. The van der Waals surface area contributed by atoms with Gasteiger partial charge in [0.1, 0.15) is 17.8 Å². The molecule has 0 saturated carbocycles. The van der Waals surface area contributed by atoms with Crippen LogP contribution in [0.1, 0.15) is 43.5 Å². The quantitative estimate of drug-likeness (QED) is 0.514. The Kier molecular flexibility index (Phi) is 6.64. The Morgan fingerprint density at radius 3 is 2.78 bits per heavy atom. The predicted molar refractivity (Wildman–Crippen MR) is 104 cm³/mol. The number of halogens is 3. The molecule has 1 aromatic carbocycles. The molecule has 3 nitrogen and oxygen atoms in total. The molecule has 0 aliphatic carbocycles. The maximum atomic E-state index is 13.1. The number of piperidine rings is 1. The topological polar surface area (TPSA) is 30.7 Å². The van der Waals surface area contributed by atoms with E-state index < -0.39 is 5.41 Å². The van der Waals surface area contributed by atoms with E-state index in [2.05, 4.69) is 65.1 Å². The molecule has 0 spiro atoms. The van der Waals surface area contributed by atoms with Crippen molar-refractivity contribution >= 4 is 51.0 Å². The van der Waals surface area contributed by atoms with Crippen molar-refractivity contribution in [2.24, 2.45) is 5.41 Å². The zero-order valence-corrected chi connectivity index (χ0v) is 18.5. The van der Waals surface area contributed by atoms with E-state index in [0.29, 0.717) is 12.6 Å². The van der Waals surface area contributed by atoms with Gasteiger partial charge in [-0.05, 0) is 90.4 Å². The third kappa shape index (κ3) is 3.98. The van der Waals surface area contributed by atoms with Gasteiger partial charge in [0.05, 0.1) is 28.3 Å². The van der Waals surface area contributed by atoms with Crippen LogP contribution in [0.4, 0.5) is 0 Å². The summed E-state index contributed by atoms with van der Waals surface area (Å²) in [5, 5.41) is 0. The average Bonchev–Trinajstić information content (AvgIpc) is 2.46. The van der Waals surface area contributed by atoms with Crippen molar-refractivity contribution in [3.63, 3.8) is 0 Å². The van der Waals surface area contributed by atoms with Crippen molar-refractivity contribution in [3.8, 4) is 5.75 Å². The van der Waals surface area contributed by atoms with E-state index in [1.165, 1.54) is 25.8 Å². The van der Waals surface area contributed by atoms with Gasteiger partial charge in [-0.25, -0.2) is 0 Å². The van der Waals surface area contributed by atoms with Crippen molar-refractivity contribution in [3.05, 3.63) is 24.8 Å². The van der Waals surface area contributed by atoms with Gasteiger partial charge in [0.2, 0.25) is 0 Å². The molecule has 1 fully saturated rings. The van der Waals surface area contributed by atoms with Crippen LogP contribution in [0, 0.1) is 12.6 Å². The first kappa shape index (κ1) is 19.7. The van der Waals surface area contributed by atoms with Gasteiger partial charge in [-0.15, -0.1) is 0 Å². The summed E-state index contributed by atoms with van der Waals surface area (Å²) in [4.78, 5) is 14.7. The van der Waals surface area contributed by atoms with Gasteiger partial charge in [0.25, 0.3) is 0 Å². The largest absolute Gasteiger partial charge is 1.00 e. The molecule has 1 N–H and O–H groups in total. The Labute approximate surface area is 171 Å². The van der Waals surface area contributed by atoms with E-state index in [4.69, 9.17) is 4.74 Å². The number of ketones is 1. The lowest BCUT2D eigenvalue weighted by molar-refractivity contribution is -0.933. The minimum Gasteiger partial charge on any atom is -1.00 e. The monoisotopic (exact) mass is 561 g/mol. The fourth-order valence-electron chi connectivity index (χ4n) is 3.65. The number of carbonyl (C=O) groups excluding carboxylic acids is 1. The summed E-state index contributed by atoms with van der Waals surface area (Å²) in [6.07, 6.45) is 3.87. The van der Waals surface area contributed by atoms with Crippen LogP contribution in [0.2, 0.25) is 0 Å². The molecule has 2 aliphatic heterocycles. The molecule has 0 aromatic heterocycles. The number of nitrogens with one attached hydrogen (secondary N) is 1. The number of ether oxygens (including phenoxy) is 1. The number of quaternary nitrogens is 1. The van der Waals surface area contributed by atoms with Crippen molar-refractivity contribution in [2.75, 3.05) is 19.7 Å². The number of likely N-dealkylation sites (tertiary alicyclic amines) is 1. The van der Waals surface area contributed by atoms with Crippen LogP contribution in [-0.4, -0.2) is 31.5 Å². The molecule has 1 aromatic rings. The normalized spacial score (nSPS) is 30.2. The van der Waals surface area contributed by atoms with Crippen molar-refractivity contribution in [2.45, 2.75) is 39.2 Å².